The third-order valence-electron chi connectivity index (χ3n) is 6.19. The number of hydrogen-bond donors (Lipinski definition) is 2. The van der Waals surface area contributed by atoms with E-state index >= 15 is 0 Å². The lowest BCUT2D eigenvalue weighted by Gasteiger charge is -2.35. The van der Waals surface area contributed by atoms with Crippen molar-refractivity contribution in [3.05, 3.63) is 22.4 Å². The van der Waals surface area contributed by atoms with Gasteiger partial charge in [-0.1, -0.05) is 13.0 Å². The zero-order valence-electron chi connectivity index (χ0n) is 19.4. The van der Waals surface area contributed by atoms with Crippen LogP contribution in [0.5, 0.6) is 0 Å². The smallest absolute Gasteiger partial charge is 0.191 e. The number of thiophene rings is 1. The molecule has 1 aromatic heterocycles. The van der Waals surface area contributed by atoms with Crippen LogP contribution in [0.15, 0.2) is 22.5 Å². The third-order valence-corrected chi connectivity index (χ3v) is 7.17. The van der Waals surface area contributed by atoms with Crippen LogP contribution in [-0.2, 0) is 4.74 Å². The molecule has 0 bridgehead atoms. The van der Waals surface area contributed by atoms with Gasteiger partial charge in [-0.2, -0.15) is 0 Å². The number of halogens is 1. The molecule has 2 fully saturated rings. The van der Waals surface area contributed by atoms with Crippen LogP contribution in [0.3, 0.4) is 0 Å². The molecular formula is C23H42IN5OS. The highest BCUT2D eigenvalue weighted by atomic mass is 127. The van der Waals surface area contributed by atoms with Gasteiger partial charge in [-0.15, -0.1) is 35.3 Å². The summed E-state index contributed by atoms with van der Waals surface area (Å²) in [6.45, 7) is 14.7. The van der Waals surface area contributed by atoms with Gasteiger partial charge >= 0.3 is 0 Å². The second-order valence-corrected chi connectivity index (χ2v) is 9.54. The van der Waals surface area contributed by atoms with Crippen LogP contribution in [0, 0.1) is 5.92 Å². The summed E-state index contributed by atoms with van der Waals surface area (Å²) in [5.74, 6) is 1.81. The highest BCUT2D eigenvalue weighted by Crippen LogP contribution is 2.29. The first kappa shape index (κ1) is 26.8. The molecule has 0 spiro atoms. The van der Waals surface area contributed by atoms with Gasteiger partial charge in [-0.05, 0) is 69.6 Å². The predicted octanol–water partition coefficient (Wildman–Crippen LogP) is 3.81. The van der Waals surface area contributed by atoms with Crippen LogP contribution in [-0.4, -0.2) is 81.3 Å². The number of hydrogen-bond acceptors (Lipinski definition) is 5. The second kappa shape index (κ2) is 15.4. The van der Waals surface area contributed by atoms with Crippen LogP contribution >= 0.6 is 35.3 Å². The number of rotatable bonds is 10. The third kappa shape index (κ3) is 9.53. The first-order valence-corrected chi connectivity index (χ1v) is 12.7. The molecule has 2 N–H and O–H groups in total. The first-order valence-electron chi connectivity index (χ1n) is 11.9. The molecule has 8 heteroatoms. The lowest BCUT2D eigenvalue weighted by molar-refractivity contribution is 0.0372. The molecule has 178 valence electrons. The Kier molecular flexibility index (Phi) is 13.3. The Bertz CT molecular complexity index is 601. The molecule has 0 saturated carbocycles. The summed E-state index contributed by atoms with van der Waals surface area (Å²) < 4.78 is 5.43. The number of piperidine rings is 1. The Morgan fingerprint density at radius 1 is 1.19 bits per heavy atom. The maximum atomic E-state index is 5.43. The monoisotopic (exact) mass is 563 g/mol. The summed E-state index contributed by atoms with van der Waals surface area (Å²) in [5.41, 5.74) is 0. The van der Waals surface area contributed by atoms with Gasteiger partial charge in [0.15, 0.2) is 5.96 Å². The quantitative estimate of drug-likeness (QED) is 0.196. The normalized spacial score (nSPS) is 20.3. The summed E-state index contributed by atoms with van der Waals surface area (Å²) in [4.78, 5) is 11.6. The van der Waals surface area contributed by atoms with E-state index < -0.39 is 0 Å². The highest BCUT2D eigenvalue weighted by molar-refractivity contribution is 14.0. The molecular weight excluding hydrogens is 521 g/mol. The van der Waals surface area contributed by atoms with E-state index in [9.17, 15) is 0 Å². The Balaban J connectivity index is 0.00000341. The second-order valence-electron chi connectivity index (χ2n) is 8.56. The van der Waals surface area contributed by atoms with Crippen molar-refractivity contribution in [2.24, 2.45) is 10.9 Å². The molecule has 3 rings (SSSR count). The van der Waals surface area contributed by atoms with E-state index in [-0.39, 0.29) is 24.0 Å². The van der Waals surface area contributed by atoms with Gasteiger partial charge in [0.25, 0.3) is 0 Å². The minimum Gasteiger partial charge on any atom is -0.379 e. The van der Waals surface area contributed by atoms with Crippen LogP contribution in [0.4, 0.5) is 0 Å². The summed E-state index contributed by atoms with van der Waals surface area (Å²) >= 11 is 1.86. The summed E-state index contributed by atoms with van der Waals surface area (Å²) in [6, 6.07) is 4.84. The van der Waals surface area contributed by atoms with Crippen LogP contribution < -0.4 is 10.6 Å². The molecule has 6 nitrogen and oxygen atoms in total. The van der Waals surface area contributed by atoms with Gasteiger partial charge in [-0.3, -0.25) is 14.8 Å². The molecule has 31 heavy (non-hydrogen) atoms. The maximum Gasteiger partial charge on any atom is 0.191 e. The van der Waals surface area contributed by atoms with E-state index in [1.807, 2.05) is 11.3 Å². The highest BCUT2D eigenvalue weighted by Gasteiger charge is 2.25. The Labute approximate surface area is 210 Å². The van der Waals surface area contributed by atoms with E-state index in [2.05, 4.69) is 51.8 Å². The van der Waals surface area contributed by atoms with Gasteiger partial charge in [0.1, 0.15) is 0 Å². The van der Waals surface area contributed by atoms with E-state index in [4.69, 9.17) is 9.73 Å². The Morgan fingerprint density at radius 2 is 1.97 bits per heavy atom. The van der Waals surface area contributed by atoms with Gasteiger partial charge in [0.2, 0.25) is 0 Å². The lowest BCUT2D eigenvalue weighted by Crippen LogP contribution is -2.40. The fraction of sp³-hybridized carbons (Fsp3) is 0.783. The van der Waals surface area contributed by atoms with Crippen LogP contribution in [0.2, 0.25) is 0 Å². The number of aliphatic imine (C=N–C) groups is 1. The molecule has 0 aromatic carbocycles. The minimum absolute atomic E-state index is 0. The number of morpholine rings is 1. The summed E-state index contributed by atoms with van der Waals surface area (Å²) in [7, 11) is 0. The summed E-state index contributed by atoms with van der Waals surface area (Å²) in [5, 5.41) is 9.17. The van der Waals surface area contributed by atoms with Gasteiger partial charge in [0, 0.05) is 31.1 Å². The lowest BCUT2D eigenvalue weighted by atomic mass is 9.97. The number of likely N-dealkylation sites (tertiary alicyclic amines) is 1. The number of unbranched alkanes of at least 4 members (excludes halogenated alkanes) is 1. The molecule has 2 aliphatic rings. The average molecular weight is 564 g/mol. The van der Waals surface area contributed by atoms with Gasteiger partial charge < -0.3 is 15.4 Å². The molecule has 2 aliphatic heterocycles. The van der Waals surface area contributed by atoms with Crippen molar-refractivity contribution >= 4 is 41.3 Å². The van der Waals surface area contributed by atoms with E-state index in [1.165, 1.54) is 50.2 Å². The minimum atomic E-state index is 0. The van der Waals surface area contributed by atoms with Crippen LogP contribution in [0.1, 0.15) is 50.4 Å². The largest absolute Gasteiger partial charge is 0.379 e. The van der Waals surface area contributed by atoms with Crippen molar-refractivity contribution in [1.29, 1.82) is 0 Å². The van der Waals surface area contributed by atoms with E-state index in [1.54, 1.807) is 0 Å². The standard InChI is InChI=1S/C23H41N5OS.HI/c1-3-24-23(25-10-4-5-11-27-14-16-29-17-15-27)26-19-21(22-7-6-18-30-22)28-12-8-20(2)9-13-28;/h6-7,18,20-21H,3-5,8-17,19H2,1-2H3,(H2,24,25,26);1H. The predicted molar refractivity (Wildman–Crippen MR) is 143 cm³/mol. The fourth-order valence-corrected chi connectivity index (χ4v) is 5.07. The van der Waals surface area contributed by atoms with E-state index in [0.29, 0.717) is 6.04 Å². The number of ether oxygens (including phenoxy) is 1. The SMILES string of the molecule is CCNC(=NCC(c1cccs1)N1CCC(C)CC1)NCCCCN1CCOCC1.I. The fourth-order valence-electron chi connectivity index (χ4n) is 4.22. The van der Waals surface area contributed by atoms with Gasteiger partial charge in [-0.25, -0.2) is 0 Å². The molecule has 0 radical (unpaired) electrons. The number of nitrogens with zero attached hydrogens (tertiary/aromatic N) is 3. The molecule has 1 unspecified atom stereocenters. The molecule has 1 aromatic rings. The van der Waals surface area contributed by atoms with Crippen molar-refractivity contribution in [2.45, 2.75) is 45.6 Å². The first-order chi connectivity index (χ1) is 14.8. The summed E-state index contributed by atoms with van der Waals surface area (Å²) in [6.07, 6.45) is 4.98. The molecule has 1 atom stereocenters. The number of guanidine groups is 1. The zero-order chi connectivity index (χ0) is 21.0. The Hall–Kier alpha value is -0.420. The maximum absolute atomic E-state index is 5.43. The van der Waals surface area contributed by atoms with Crippen molar-refractivity contribution in [3.63, 3.8) is 0 Å². The van der Waals surface area contributed by atoms with Crippen molar-refractivity contribution in [3.8, 4) is 0 Å². The van der Waals surface area contributed by atoms with Crippen molar-refractivity contribution < 1.29 is 4.74 Å². The molecule has 0 amide bonds. The van der Waals surface area contributed by atoms with E-state index in [0.717, 1.165) is 57.8 Å². The van der Waals surface area contributed by atoms with Gasteiger partial charge in [0.05, 0.1) is 25.8 Å². The van der Waals surface area contributed by atoms with Crippen LogP contribution in [0.25, 0.3) is 0 Å². The number of nitrogens with one attached hydrogen (secondary N) is 2. The Morgan fingerprint density at radius 3 is 2.65 bits per heavy atom. The molecule has 3 heterocycles. The van der Waals surface area contributed by atoms with Crippen molar-refractivity contribution in [2.75, 3.05) is 65.6 Å². The molecule has 2 saturated heterocycles. The zero-order valence-corrected chi connectivity index (χ0v) is 22.5. The van der Waals surface area contributed by atoms with Crippen molar-refractivity contribution in [1.82, 2.24) is 20.4 Å². The average Bonchev–Trinajstić information content (AvgIpc) is 3.30. The topological polar surface area (TPSA) is 52.1 Å². The molecule has 0 aliphatic carbocycles.